The zero-order valence-electron chi connectivity index (χ0n) is 10.5. The predicted molar refractivity (Wildman–Crippen MR) is 80.8 cm³/mol. The molecule has 1 aromatic heterocycles. The number of halogens is 1. The van der Waals surface area contributed by atoms with Gasteiger partial charge in [0.25, 0.3) is 0 Å². The van der Waals surface area contributed by atoms with Crippen molar-refractivity contribution in [2.24, 2.45) is 0 Å². The van der Waals surface area contributed by atoms with Crippen molar-refractivity contribution in [3.8, 4) is 0 Å². The van der Waals surface area contributed by atoms with Crippen LogP contribution in [0.2, 0.25) is 0 Å². The van der Waals surface area contributed by atoms with Gasteiger partial charge in [0, 0.05) is 18.0 Å². The Balaban J connectivity index is 1.76. The van der Waals surface area contributed by atoms with E-state index in [0.717, 1.165) is 20.7 Å². The van der Waals surface area contributed by atoms with E-state index >= 15 is 0 Å². The average Bonchev–Trinajstić information content (AvgIpc) is 3.00. The Hall–Kier alpha value is -1.24. The molecule has 0 fully saturated rings. The summed E-state index contributed by atoms with van der Waals surface area (Å²) in [7, 11) is 0. The summed E-state index contributed by atoms with van der Waals surface area (Å²) in [5.74, 6) is -1.16. The molecule has 2 atom stereocenters. The number of carboxylic acid groups (broad SMARTS) is 1. The van der Waals surface area contributed by atoms with Crippen LogP contribution in [0.5, 0.6) is 0 Å². The van der Waals surface area contributed by atoms with E-state index in [1.54, 1.807) is 11.3 Å². The van der Waals surface area contributed by atoms with Gasteiger partial charge in [-0.25, -0.2) is 4.98 Å². The van der Waals surface area contributed by atoms with Crippen LogP contribution in [-0.4, -0.2) is 16.1 Å². The highest BCUT2D eigenvalue weighted by Gasteiger charge is 2.34. The van der Waals surface area contributed by atoms with E-state index in [-0.39, 0.29) is 6.04 Å². The highest BCUT2D eigenvalue weighted by Crippen LogP contribution is 2.40. The number of aromatic nitrogens is 1. The molecule has 0 radical (unpaired) electrons. The fraction of sp³-hybridized carbons (Fsp3) is 0.286. The molecule has 0 unspecified atom stereocenters. The van der Waals surface area contributed by atoms with Gasteiger partial charge < -0.3 is 10.4 Å². The van der Waals surface area contributed by atoms with Crippen molar-refractivity contribution < 1.29 is 9.90 Å². The zero-order chi connectivity index (χ0) is 14.1. The number of carboxylic acids is 1. The number of nitrogens with one attached hydrogen (secondary N) is 1. The molecule has 1 aliphatic carbocycles. The van der Waals surface area contributed by atoms with Crippen LogP contribution < -0.4 is 5.32 Å². The monoisotopic (exact) mass is 352 g/mol. The Morgan fingerprint density at radius 1 is 1.45 bits per heavy atom. The Kier molecular flexibility index (Phi) is 3.87. The van der Waals surface area contributed by atoms with Crippen molar-refractivity contribution in [1.29, 1.82) is 0 Å². The van der Waals surface area contributed by atoms with Crippen LogP contribution in [0.25, 0.3) is 0 Å². The molecule has 1 aliphatic rings. The Labute approximate surface area is 129 Å². The van der Waals surface area contributed by atoms with Crippen LogP contribution in [0.15, 0.2) is 33.6 Å². The van der Waals surface area contributed by atoms with Gasteiger partial charge in [0.2, 0.25) is 0 Å². The number of rotatable bonds is 4. The van der Waals surface area contributed by atoms with E-state index in [4.69, 9.17) is 0 Å². The second-order valence-electron chi connectivity index (χ2n) is 4.78. The van der Waals surface area contributed by atoms with Gasteiger partial charge in [0.05, 0.1) is 11.6 Å². The van der Waals surface area contributed by atoms with Gasteiger partial charge in [-0.05, 0) is 33.5 Å². The molecule has 104 valence electrons. The van der Waals surface area contributed by atoms with Crippen molar-refractivity contribution in [2.45, 2.75) is 24.9 Å². The first-order valence-corrected chi connectivity index (χ1v) is 7.97. The molecule has 20 heavy (non-hydrogen) atoms. The summed E-state index contributed by atoms with van der Waals surface area (Å²) in [6, 6.07) is 7.85. The van der Waals surface area contributed by atoms with Crippen LogP contribution in [0.4, 0.5) is 0 Å². The van der Waals surface area contributed by atoms with Gasteiger partial charge in [0.1, 0.15) is 0 Å². The van der Waals surface area contributed by atoms with Crippen molar-refractivity contribution in [3.05, 3.63) is 50.4 Å². The summed E-state index contributed by atoms with van der Waals surface area (Å²) < 4.78 is 0.865. The van der Waals surface area contributed by atoms with E-state index in [1.807, 2.05) is 29.6 Å². The number of benzene rings is 1. The maximum atomic E-state index is 11.3. The first-order valence-electron chi connectivity index (χ1n) is 6.30. The first-order chi connectivity index (χ1) is 9.65. The first kappa shape index (κ1) is 13.7. The van der Waals surface area contributed by atoms with Crippen LogP contribution in [0.1, 0.15) is 35.2 Å². The van der Waals surface area contributed by atoms with E-state index in [2.05, 4.69) is 26.2 Å². The van der Waals surface area contributed by atoms with E-state index in [0.29, 0.717) is 13.0 Å². The highest BCUT2D eigenvalue weighted by molar-refractivity contribution is 9.11. The summed E-state index contributed by atoms with van der Waals surface area (Å²) >= 11 is 4.89. The number of nitrogens with zero attached hydrogens (tertiary/aromatic N) is 1. The maximum absolute atomic E-state index is 11.3. The molecular formula is C14H13BrN2O2S. The number of hydrogen-bond acceptors (Lipinski definition) is 4. The third-order valence-electron chi connectivity index (χ3n) is 3.57. The number of carbonyl (C=O) groups is 1. The second kappa shape index (κ2) is 5.63. The van der Waals surface area contributed by atoms with Gasteiger partial charge in [-0.1, -0.05) is 24.3 Å². The standard InChI is InChI=1S/C14H13BrN2O2S/c15-14-17-8(7-20-14)6-16-12-5-11(13(18)19)9-3-1-2-4-10(9)12/h1-4,7,11-12,16H,5-6H2,(H,18,19)/t11-,12+/m1/s1. The minimum atomic E-state index is -0.752. The fourth-order valence-electron chi connectivity index (χ4n) is 2.65. The average molecular weight is 353 g/mol. The Morgan fingerprint density at radius 3 is 2.85 bits per heavy atom. The predicted octanol–water partition coefficient (Wildman–Crippen LogP) is 3.31. The van der Waals surface area contributed by atoms with Crippen LogP contribution in [-0.2, 0) is 11.3 Å². The van der Waals surface area contributed by atoms with E-state index in [9.17, 15) is 9.90 Å². The fourth-order valence-corrected chi connectivity index (χ4v) is 3.70. The molecule has 0 saturated carbocycles. The molecule has 2 aromatic rings. The smallest absolute Gasteiger partial charge is 0.311 e. The van der Waals surface area contributed by atoms with Gasteiger partial charge >= 0.3 is 5.97 Å². The van der Waals surface area contributed by atoms with Crippen molar-refractivity contribution >= 4 is 33.2 Å². The number of thiazole rings is 1. The molecule has 3 rings (SSSR count). The quantitative estimate of drug-likeness (QED) is 0.885. The number of hydrogen-bond donors (Lipinski definition) is 2. The maximum Gasteiger partial charge on any atom is 0.311 e. The van der Waals surface area contributed by atoms with Gasteiger partial charge in [-0.3, -0.25) is 4.79 Å². The normalized spacial score (nSPS) is 20.9. The third kappa shape index (κ3) is 2.63. The summed E-state index contributed by atoms with van der Waals surface area (Å²) in [6.45, 7) is 0.646. The van der Waals surface area contributed by atoms with Crippen LogP contribution in [0, 0.1) is 0 Å². The summed E-state index contributed by atoms with van der Waals surface area (Å²) in [5.41, 5.74) is 2.99. The van der Waals surface area contributed by atoms with E-state index < -0.39 is 11.9 Å². The lowest BCUT2D eigenvalue weighted by molar-refractivity contribution is -0.138. The molecule has 1 heterocycles. The largest absolute Gasteiger partial charge is 0.481 e. The van der Waals surface area contributed by atoms with Crippen LogP contribution >= 0.6 is 27.3 Å². The SMILES string of the molecule is O=C(O)[C@@H]1C[C@H](NCc2csc(Br)n2)c2ccccc21. The molecule has 0 amide bonds. The van der Waals surface area contributed by atoms with E-state index in [1.165, 1.54) is 0 Å². The highest BCUT2D eigenvalue weighted by atomic mass is 79.9. The minimum absolute atomic E-state index is 0.0766. The molecule has 0 aliphatic heterocycles. The van der Waals surface area contributed by atoms with Gasteiger partial charge in [0.15, 0.2) is 3.92 Å². The molecule has 4 nitrogen and oxygen atoms in total. The Morgan fingerprint density at radius 2 is 2.20 bits per heavy atom. The van der Waals surface area contributed by atoms with Crippen molar-refractivity contribution in [2.75, 3.05) is 0 Å². The molecule has 2 N–H and O–H groups in total. The van der Waals surface area contributed by atoms with Crippen LogP contribution in [0.3, 0.4) is 0 Å². The van der Waals surface area contributed by atoms with Gasteiger partial charge in [-0.15, -0.1) is 11.3 Å². The summed E-state index contributed by atoms with van der Waals surface area (Å²) in [5, 5.41) is 14.7. The third-order valence-corrected chi connectivity index (χ3v) is 4.98. The lowest BCUT2D eigenvalue weighted by Gasteiger charge is -2.12. The molecule has 6 heteroatoms. The molecule has 0 spiro atoms. The molecule has 1 aromatic carbocycles. The zero-order valence-corrected chi connectivity index (χ0v) is 12.9. The van der Waals surface area contributed by atoms with Crippen molar-refractivity contribution in [1.82, 2.24) is 10.3 Å². The Bertz CT molecular complexity index is 644. The number of fused-ring (bicyclic) bond motifs is 1. The van der Waals surface area contributed by atoms with Gasteiger partial charge in [-0.2, -0.15) is 0 Å². The lowest BCUT2D eigenvalue weighted by Crippen LogP contribution is -2.19. The van der Waals surface area contributed by atoms with Crippen molar-refractivity contribution in [3.63, 3.8) is 0 Å². The lowest BCUT2D eigenvalue weighted by atomic mass is 10.0. The molecular weight excluding hydrogens is 340 g/mol. The summed E-state index contributed by atoms with van der Waals surface area (Å²) in [4.78, 5) is 15.7. The minimum Gasteiger partial charge on any atom is -0.481 e. The second-order valence-corrected chi connectivity index (χ2v) is 6.91. The number of aliphatic carboxylic acids is 1. The molecule has 0 saturated heterocycles. The molecule has 0 bridgehead atoms. The topological polar surface area (TPSA) is 62.2 Å². The summed E-state index contributed by atoms with van der Waals surface area (Å²) in [6.07, 6.45) is 0.597.